The lowest BCUT2D eigenvalue weighted by molar-refractivity contribution is 0.0600. The standard InChI is InChI=1S/C22H20N4O3/c1-29-22(28)16-6-8-18(9-7-16)25-20-12-19(23-14-24-20)21(27)26-11-10-15-4-2-3-5-17(15)13-26/h2-9,12,14H,10-11,13H2,1H3,(H,23,24,25). The molecule has 4 rings (SSSR count). The lowest BCUT2D eigenvalue weighted by Crippen LogP contribution is -2.36. The van der Waals surface area contributed by atoms with Gasteiger partial charge < -0.3 is 15.0 Å². The Kier molecular flexibility index (Phi) is 5.20. The van der Waals surface area contributed by atoms with Crippen LogP contribution in [-0.2, 0) is 17.7 Å². The van der Waals surface area contributed by atoms with Gasteiger partial charge in [-0.15, -0.1) is 0 Å². The van der Waals surface area contributed by atoms with Crippen molar-refractivity contribution in [2.45, 2.75) is 13.0 Å². The summed E-state index contributed by atoms with van der Waals surface area (Å²) < 4.78 is 4.69. The molecular formula is C22H20N4O3. The van der Waals surface area contributed by atoms with Gasteiger partial charge in [-0.05, 0) is 41.8 Å². The molecule has 1 aliphatic rings. The average Bonchev–Trinajstić information content (AvgIpc) is 2.78. The van der Waals surface area contributed by atoms with E-state index >= 15 is 0 Å². The number of aromatic nitrogens is 2. The van der Waals surface area contributed by atoms with Crippen LogP contribution in [0.4, 0.5) is 11.5 Å². The van der Waals surface area contributed by atoms with Gasteiger partial charge in [0.25, 0.3) is 5.91 Å². The minimum absolute atomic E-state index is 0.119. The van der Waals surface area contributed by atoms with E-state index in [4.69, 9.17) is 4.74 Å². The van der Waals surface area contributed by atoms with E-state index in [1.807, 2.05) is 12.1 Å². The lowest BCUT2D eigenvalue weighted by Gasteiger charge is -2.28. The van der Waals surface area contributed by atoms with Crippen molar-refractivity contribution in [3.63, 3.8) is 0 Å². The minimum Gasteiger partial charge on any atom is -0.465 e. The Morgan fingerprint density at radius 3 is 2.55 bits per heavy atom. The van der Waals surface area contributed by atoms with Gasteiger partial charge in [0.05, 0.1) is 12.7 Å². The lowest BCUT2D eigenvalue weighted by atomic mass is 10.00. The van der Waals surface area contributed by atoms with Crippen molar-refractivity contribution in [3.05, 3.63) is 83.3 Å². The zero-order valence-corrected chi connectivity index (χ0v) is 16.0. The number of methoxy groups -OCH3 is 1. The normalized spacial score (nSPS) is 12.8. The third-order valence-corrected chi connectivity index (χ3v) is 4.88. The summed E-state index contributed by atoms with van der Waals surface area (Å²) >= 11 is 0. The highest BCUT2D eigenvalue weighted by molar-refractivity contribution is 5.93. The zero-order valence-electron chi connectivity index (χ0n) is 16.0. The first-order chi connectivity index (χ1) is 14.1. The molecule has 1 amide bonds. The van der Waals surface area contributed by atoms with Crippen LogP contribution in [0.25, 0.3) is 0 Å². The van der Waals surface area contributed by atoms with Crippen LogP contribution in [0.2, 0.25) is 0 Å². The Morgan fingerprint density at radius 2 is 1.79 bits per heavy atom. The molecule has 3 aromatic rings. The predicted octanol–water partition coefficient (Wildman–Crippen LogP) is 3.21. The van der Waals surface area contributed by atoms with Gasteiger partial charge in [0.15, 0.2) is 0 Å². The smallest absolute Gasteiger partial charge is 0.337 e. The molecule has 2 heterocycles. The fourth-order valence-corrected chi connectivity index (χ4v) is 3.33. The maximum absolute atomic E-state index is 12.9. The Balaban J connectivity index is 1.47. The Bertz CT molecular complexity index is 1050. The molecule has 7 heteroatoms. The summed E-state index contributed by atoms with van der Waals surface area (Å²) in [6, 6.07) is 16.6. The molecule has 29 heavy (non-hydrogen) atoms. The van der Waals surface area contributed by atoms with E-state index in [-0.39, 0.29) is 5.91 Å². The molecule has 0 spiro atoms. The molecule has 146 valence electrons. The molecule has 0 saturated carbocycles. The highest BCUT2D eigenvalue weighted by atomic mass is 16.5. The average molecular weight is 388 g/mol. The number of nitrogens with zero attached hydrogens (tertiary/aromatic N) is 3. The largest absolute Gasteiger partial charge is 0.465 e. The number of nitrogens with one attached hydrogen (secondary N) is 1. The summed E-state index contributed by atoms with van der Waals surface area (Å²) in [6.45, 7) is 1.24. The number of benzene rings is 2. The Morgan fingerprint density at radius 1 is 1.03 bits per heavy atom. The first-order valence-electron chi connectivity index (χ1n) is 9.27. The van der Waals surface area contributed by atoms with E-state index in [2.05, 4.69) is 27.4 Å². The molecule has 0 bridgehead atoms. The van der Waals surface area contributed by atoms with Gasteiger partial charge in [0.2, 0.25) is 0 Å². The number of fused-ring (bicyclic) bond motifs is 1. The van der Waals surface area contributed by atoms with Crippen molar-refractivity contribution < 1.29 is 14.3 Å². The van der Waals surface area contributed by atoms with Gasteiger partial charge in [0, 0.05) is 24.8 Å². The molecular weight excluding hydrogens is 368 g/mol. The number of rotatable bonds is 4. The summed E-state index contributed by atoms with van der Waals surface area (Å²) in [4.78, 5) is 34.6. The van der Waals surface area contributed by atoms with Crippen molar-refractivity contribution in [2.24, 2.45) is 0 Å². The molecule has 2 aromatic carbocycles. The molecule has 0 saturated heterocycles. The SMILES string of the molecule is COC(=O)c1ccc(Nc2cc(C(=O)N3CCc4ccccc4C3)ncn2)cc1. The van der Waals surface area contributed by atoms with Crippen LogP contribution in [0.1, 0.15) is 32.0 Å². The second-order valence-corrected chi connectivity index (χ2v) is 6.73. The Labute approximate surface area is 168 Å². The van der Waals surface area contributed by atoms with Crippen molar-refractivity contribution in [1.29, 1.82) is 0 Å². The van der Waals surface area contributed by atoms with Crippen molar-refractivity contribution in [2.75, 3.05) is 19.0 Å². The summed E-state index contributed by atoms with van der Waals surface area (Å²) in [5.41, 5.74) is 4.00. The molecule has 0 unspecified atom stereocenters. The van der Waals surface area contributed by atoms with Gasteiger partial charge in [0.1, 0.15) is 17.8 Å². The highest BCUT2D eigenvalue weighted by Crippen LogP contribution is 2.21. The van der Waals surface area contributed by atoms with E-state index in [9.17, 15) is 9.59 Å². The molecule has 1 aromatic heterocycles. The van der Waals surface area contributed by atoms with Crippen LogP contribution in [0, 0.1) is 0 Å². The van der Waals surface area contributed by atoms with Gasteiger partial charge in [-0.1, -0.05) is 24.3 Å². The van der Waals surface area contributed by atoms with Crippen LogP contribution in [0.3, 0.4) is 0 Å². The number of carbonyl (C=O) groups excluding carboxylic acids is 2. The first-order valence-corrected chi connectivity index (χ1v) is 9.27. The van der Waals surface area contributed by atoms with E-state index in [0.29, 0.717) is 30.2 Å². The van der Waals surface area contributed by atoms with E-state index in [1.54, 1.807) is 35.2 Å². The number of esters is 1. The Hall–Kier alpha value is -3.74. The van der Waals surface area contributed by atoms with E-state index in [0.717, 1.165) is 12.1 Å². The zero-order chi connectivity index (χ0) is 20.2. The molecule has 1 aliphatic heterocycles. The molecule has 0 aliphatic carbocycles. The van der Waals surface area contributed by atoms with Gasteiger partial charge in [-0.3, -0.25) is 4.79 Å². The van der Waals surface area contributed by atoms with Crippen LogP contribution in [-0.4, -0.2) is 40.4 Å². The fraction of sp³-hybridized carbons (Fsp3) is 0.182. The maximum Gasteiger partial charge on any atom is 0.337 e. The minimum atomic E-state index is -0.394. The number of carbonyl (C=O) groups is 2. The number of hydrogen-bond donors (Lipinski definition) is 1. The van der Waals surface area contributed by atoms with Gasteiger partial charge in [-0.2, -0.15) is 0 Å². The number of ether oxygens (including phenoxy) is 1. The van der Waals surface area contributed by atoms with E-state index < -0.39 is 5.97 Å². The highest BCUT2D eigenvalue weighted by Gasteiger charge is 2.22. The van der Waals surface area contributed by atoms with Crippen LogP contribution < -0.4 is 5.32 Å². The monoisotopic (exact) mass is 388 g/mol. The maximum atomic E-state index is 12.9. The molecule has 0 fully saturated rings. The van der Waals surface area contributed by atoms with Crippen molar-refractivity contribution >= 4 is 23.4 Å². The summed E-state index contributed by atoms with van der Waals surface area (Å²) in [7, 11) is 1.34. The van der Waals surface area contributed by atoms with Crippen molar-refractivity contribution in [3.8, 4) is 0 Å². The number of hydrogen-bond acceptors (Lipinski definition) is 6. The second-order valence-electron chi connectivity index (χ2n) is 6.73. The molecule has 7 nitrogen and oxygen atoms in total. The van der Waals surface area contributed by atoms with Gasteiger partial charge >= 0.3 is 5.97 Å². The van der Waals surface area contributed by atoms with Crippen LogP contribution in [0.5, 0.6) is 0 Å². The molecule has 1 N–H and O–H groups in total. The summed E-state index contributed by atoms with van der Waals surface area (Å²) in [5, 5.41) is 3.13. The summed E-state index contributed by atoms with van der Waals surface area (Å²) in [5.74, 6) is -0.00727. The third kappa shape index (κ3) is 4.08. The topological polar surface area (TPSA) is 84.4 Å². The number of anilines is 2. The number of amides is 1. The quantitative estimate of drug-likeness (QED) is 0.691. The van der Waals surface area contributed by atoms with E-state index in [1.165, 1.54) is 24.6 Å². The molecule has 0 atom stereocenters. The third-order valence-electron chi connectivity index (χ3n) is 4.88. The van der Waals surface area contributed by atoms with Gasteiger partial charge in [-0.25, -0.2) is 14.8 Å². The van der Waals surface area contributed by atoms with Crippen LogP contribution >= 0.6 is 0 Å². The van der Waals surface area contributed by atoms with Crippen LogP contribution in [0.15, 0.2) is 60.9 Å². The van der Waals surface area contributed by atoms with Crippen molar-refractivity contribution in [1.82, 2.24) is 14.9 Å². The molecule has 0 radical (unpaired) electrons. The predicted molar refractivity (Wildman–Crippen MR) is 108 cm³/mol. The fourth-order valence-electron chi connectivity index (χ4n) is 3.33. The summed E-state index contributed by atoms with van der Waals surface area (Å²) in [6.07, 6.45) is 2.21. The second kappa shape index (κ2) is 8.10. The first kappa shape index (κ1) is 18.6.